The number of benzene rings is 2. The van der Waals surface area contributed by atoms with Crippen LogP contribution in [0.4, 0.5) is 5.69 Å². The van der Waals surface area contributed by atoms with Gasteiger partial charge in [-0.15, -0.1) is 0 Å². The molecule has 2 aromatic rings. The van der Waals surface area contributed by atoms with Crippen molar-refractivity contribution >= 4 is 35.1 Å². The largest absolute Gasteiger partial charge is 0.465 e. The zero-order valence-corrected chi connectivity index (χ0v) is 15.2. The molecule has 0 aromatic heterocycles. The predicted octanol–water partition coefficient (Wildman–Crippen LogP) is 3.19. The Kier molecular flexibility index (Phi) is 6.74. The monoisotopic (exact) mass is 374 g/mol. The Morgan fingerprint density at radius 1 is 1.12 bits per heavy atom. The first-order valence-corrected chi connectivity index (χ1v) is 8.31. The van der Waals surface area contributed by atoms with Crippen LogP contribution in [0.25, 0.3) is 0 Å². The predicted molar refractivity (Wildman–Crippen MR) is 99.6 cm³/mol. The standard InChI is InChI=1S/C19H19ClN2O4/c1-12-7-8-13(19(25)26-2)11-16(12)22-17(23)9-10-21-18(24)14-5-3-4-6-15(14)20/h3-8,11H,9-10H2,1-2H3,(H,21,24)(H,22,23). The van der Waals surface area contributed by atoms with E-state index in [0.717, 1.165) is 5.56 Å². The summed E-state index contributed by atoms with van der Waals surface area (Å²) in [5.41, 5.74) is 2.04. The van der Waals surface area contributed by atoms with Gasteiger partial charge in [-0.25, -0.2) is 4.79 Å². The molecule has 136 valence electrons. The summed E-state index contributed by atoms with van der Waals surface area (Å²) in [6, 6.07) is 11.6. The van der Waals surface area contributed by atoms with Crippen LogP contribution >= 0.6 is 11.6 Å². The fourth-order valence-corrected chi connectivity index (χ4v) is 2.47. The zero-order chi connectivity index (χ0) is 19.1. The van der Waals surface area contributed by atoms with E-state index >= 15 is 0 Å². The van der Waals surface area contributed by atoms with E-state index in [1.54, 1.807) is 42.5 Å². The summed E-state index contributed by atoms with van der Waals surface area (Å²) < 4.78 is 4.67. The molecule has 26 heavy (non-hydrogen) atoms. The van der Waals surface area contributed by atoms with Crippen molar-refractivity contribution in [3.63, 3.8) is 0 Å². The van der Waals surface area contributed by atoms with Gasteiger partial charge in [0, 0.05) is 18.7 Å². The average Bonchev–Trinajstić information content (AvgIpc) is 2.63. The van der Waals surface area contributed by atoms with Gasteiger partial charge >= 0.3 is 5.97 Å². The lowest BCUT2D eigenvalue weighted by atomic mass is 10.1. The van der Waals surface area contributed by atoms with Gasteiger partial charge in [-0.05, 0) is 36.8 Å². The van der Waals surface area contributed by atoms with Crippen LogP contribution in [-0.2, 0) is 9.53 Å². The maximum absolute atomic E-state index is 12.1. The molecule has 7 heteroatoms. The number of carbonyl (C=O) groups is 3. The number of rotatable bonds is 6. The summed E-state index contributed by atoms with van der Waals surface area (Å²) >= 11 is 5.96. The van der Waals surface area contributed by atoms with Crippen molar-refractivity contribution < 1.29 is 19.1 Å². The lowest BCUT2D eigenvalue weighted by molar-refractivity contribution is -0.116. The topological polar surface area (TPSA) is 84.5 Å². The van der Waals surface area contributed by atoms with Gasteiger partial charge in [0.15, 0.2) is 0 Å². The fraction of sp³-hybridized carbons (Fsp3) is 0.211. The molecule has 0 atom stereocenters. The van der Waals surface area contributed by atoms with Crippen LogP contribution in [0.15, 0.2) is 42.5 Å². The number of hydrogen-bond acceptors (Lipinski definition) is 4. The molecule has 2 N–H and O–H groups in total. The van der Waals surface area contributed by atoms with Crippen molar-refractivity contribution in [3.8, 4) is 0 Å². The summed E-state index contributed by atoms with van der Waals surface area (Å²) in [5, 5.41) is 5.73. The minimum absolute atomic E-state index is 0.0814. The fourth-order valence-electron chi connectivity index (χ4n) is 2.24. The van der Waals surface area contributed by atoms with Crippen LogP contribution < -0.4 is 10.6 Å². The van der Waals surface area contributed by atoms with E-state index in [9.17, 15) is 14.4 Å². The number of methoxy groups -OCH3 is 1. The normalized spacial score (nSPS) is 10.1. The highest BCUT2D eigenvalue weighted by Gasteiger charge is 2.12. The number of esters is 1. The minimum atomic E-state index is -0.479. The number of hydrogen-bond donors (Lipinski definition) is 2. The molecule has 0 unspecified atom stereocenters. The first-order chi connectivity index (χ1) is 12.4. The third kappa shape index (κ3) is 5.07. The summed E-state index contributed by atoms with van der Waals surface area (Å²) in [7, 11) is 1.29. The number of ether oxygens (including phenoxy) is 1. The summed E-state index contributed by atoms with van der Waals surface area (Å²) in [4.78, 5) is 35.7. The van der Waals surface area contributed by atoms with Gasteiger partial charge in [-0.2, -0.15) is 0 Å². The molecule has 2 amide bonds. The Hall–Kier alpha value is -2.86. The lowest BCUT2D eigenvalue weighted by Gasteiger charge is -2.11. The van der Waals surface area contributed by atoms with E-state index in [1.165, 1.54) is 7.11 Å². The Morgan fingerprint density at radius 3 is 2.54 bits per heavy atom. The van der Waals surface area contributed by atoms with Crippen molar-refractivity contribution in [1.82, 2.24) is 5.32 Å². The number of carbonyl (C=O) groups excluding carboxylic acids is 3. The van der Waals surface area contributed by atoms with E-state index < -0.39 is 5.97 Å². The quantitative estimate of drug-likeness (QED) is 0.760. The summed E-state index contributed by atoms with van der Waals surface area (Å²) in [6.45, 7) is 1.97. The molecule has 0 heterocycles. The highest BCUT2D eigenvalue weighted by Crippen LogP contribution is 2.18. The zero-order valence-electron chi connectivity index (χ0n) is 14.5. The van der Waals surface area contributed by atoms with E-state index in [-0.39, 0.29) is 24.8 Å². The number of aryl methyl sites for hydroxylation is 1. The minimum Gasteiger partial charge on any atom is -0.465 e. The van der Waals surface area contributed by atoms with Crippen molar-refractivity contribution in [3.05, 3.63) is 64.2 Å². The van der Waals surface area contributed by atoms with E-state index in [0.29, 0.717) is 21.8 Å². The Labute approximate surface area is 156 Å². The van der Waals surface area contributed by atoms with Gasteiger partial charge < -0.3 is 15.4 Å². The second kappa shape index (κ2) is 9.01. The van der Waals surface area contributed by atoms with E-state index in [1.807, 2.05) is 6.92 Å². The molecule has 0 saturated heterocycles. The van der Waals surface area contributed by atoms with Crippen LogP contribution in [0.5, 0.6) is 0 Å². The third-order valence-corrected chi connectivity index (χ3v) is 4.02. The van der Waals surface area contributed by atoms with Crippen molar-refractivity contribution in [2.45, 2.75) is 13.3 Å². The molecule has 0 radical (unpaired) electrons. The van der Waals surface area contributed by atoms with E-state index in [2.05, 4.69) is 15.4 Å². The molecule has 0 fully saturated rings. The number of nitrogens with one attached hydrogen (secondary N) is 2. The van der Waals surface area contributed by atoms with Crippen molar-refractivity contribution in [2.24, 2.45) is 0 Å². The molecule has 0 bridgehead atoms. The molecule has 0 aliphatic rings. The molecular weight excluding hydrogens is 356 g/mol. The molecule has 0 aliphatic heterocycles. The Bertz CT molecular complexity index is 836. The van der Waals surface area contributed by atoms with Gasteiger partial charge in [0.25, 0.3) is 5.91 Å². The second-order valence-electron chi connectivity index (χ2n) is 5.56. The van der Waals surface area contributed by atoms with Gasteiger partial charge in [-0.1, -0.05) is 29.8 Å². The van der Waals surface area contributed by atoms with Crippen molar-refractivity contribution in [2.75, 3.05) is 19.0 Å². The maximum atomic E-state index is 12.1. The first-order valence-electron chi connectivity index (χ1n) is 7.94. The number of halogens is 1. The van der Waals surface area contributed by atoms with Crippen LogP contribution in [0.2, 0.25) is 5.02 Å². The maximum Gasteiger partial charge on any atom is 0.337 e. The van der Waals surface area contributed by atoms with Gasteiger partial charge in [-0.3, -0.25) is 9.59 Å². The molecule has 0 spiro atoms. The molecular formula is C19H19ClN2O4. The van der Waals surface area contributed by atoms with Crippen LogP contribution in [0.1, 0.15) is 32.7 Å². The molecule has 2 rings (SSSR count). The summed E-state index contributed by atoms with van der Waals surface area (Å²) in [5.74, 6) is -1.10. The Balaban J connectivity index is 1.90. The van der Waals surface area contributed by atoms with Gasteiger partial charge in [0.1, 0.15) is 0 Å². The second-order valence-corrected chi connectivity index (χ2v) is 5.96. The molecule has 6 nitrogen and oxygen atoms in total. The van der Waals surface area contributed by atoms with Crippen LogP contribution in [0, 0.1) is 6.92 Å². The first kappa shape index (κ1) is 19.5. The highest BCUT2D eigenvalue weighted by atomic mass is 35.5. The van der Waals surface area contributed by atoms with Crippen molar-refractivity contribution in [1.29, 1.82) is 0 Å². The van der Waals surface area contributed by atoms with Gasteiger partial charge in [0.2, 0.25) is 5.91 Å². The smallest absolute Gasteiger partial charge is 0.337 e. The van der Waals surface area contributed by atoms with Crippen LogP contribution in [0.3, 0.4) is 0 Å². The van der Waals surface area contributed by atoms with E-state index in [4.69, 9.17) is 11.6 Å². The highest BCUT2D eigenvalue weighted by molar-refractivity contribution is 6.33. The van der Waals surface area contributed by atoms with Gasteiger partial charge in [0.05, 0.1) is 23.3 Å². The molecule has 0 saturated carbocycles. The third-order valence-electron chi connectivity index (χ3n) is 3.69. The number of anilines is 1. The summed E-state index contributed by atoms with van der Waals surface area (Å²) in [6.07, 6.45) is 0.0814. The molecule has 2 aromatic carbocycles. The molecule has 0 aliphatic carbocycles. The average molecular weight is 375 g/mol. The SMILES string of the molecule is COC(=O)c1ccc(C)c(NC(=O)CCNC(=O)c2ccccc2Cl)c1. The number of amides is 2. The Morgan fingerprint density at radius 2 is 1.85 bits per heavy atom. The lowest BCUT2D eigenvalue weighted by Crippen LogP contribution is -2.28. The van der Waals surface area contributed by atoms with Crippen LogP contribution in [-0.4, -0.2) is 31.4 Å².